The number of unbranched alkanes of at least 4 members (excludes halogenated alkanes) is 31. The van der Waals surface area contributed by atoms with Crippen molar-refractivity contribution in [3.8, 4) is 0 Å². The quantitative estimate of drug-likeness (QED) is 0.0195. The van der Waals surface area contributed by atoms with E-state index in [0.29, 0.717) is 17.4 Å². The first-order valence-corrected chi connectivity index (χ1v) is 33.8. The Kier molecular flexibility index (Phi) is 56.7. The van der Waals surface area contributed by atoms with Crippen molar-refractivity contribution < 1.29 is 42.1 Å². The lowest BCUT2D eigenvalue weighted by Gasteiger charge is -2.28. The molecular weight excluding hydrogens is 990 g/mol. The van der Waals surface area contributed by atoms with Crippen LogP contribution in [0.5, 0.6) is 0 Å². The summed E-state index contributed by atoms with van der Waals surface area (Å²) >= 11 is 0. The van der Waals surface area contributed by atoms with Gasteiger partial charge in [0.25, 0.3) is 7.82 Å². The highest BCUT2D eigenvalue weighted by Gasteiger charge is 2.22. The van der Waals surface area contributed by atoms with Gasteiger partial charge in [-0.3, -0.25) is 14.2 Å². The molecular formula is C68H122NO8P. The van der Waals surface area contributed by atoms with Crippen molar-refractivity contribution in [1.29, 1.82) is 0 Å². The molecule has 78 heavy (non-hydrogen) atoms. The number of hydrogen-bond donors (Lipinski definition) is 0. The molecule has 452 valence electrons. The molecule has 0 bridgehead atoms. The van der Waals surface area contributed by atoms with Gasteiger partial charge in [0.1, 0.15) is 19.8 Å². The molecule has 0 aliphatic rings. The van der Waals surface area contributed by atoms with Crippen LogP contribution in [-0.4, -0.2) is 70.0 Å². The van der Waals surface area contributed by atoms with Gasteiger partial charge in [-0.25, -0.2) is 0 Å². The minimum absolute atomic E-state index is 0.0376. The highest BCUT2D eigenvalue weighted by molar-refractivity contribution is 7.45. The molecule has 0 rings (SSSR count). The molecule has 0 spiro atoms. The van der Waals surface area contributed by atoms with Gasteiger partial charge in [-0.1, -0.05) is 266 Å². The van der Waals surface area contributed by atoms with E-state index in [9.17, 15) is 19.0 Å². The molecule has 0 aromatic carbocycles. The van der Waals surface area contributed by atoms with E-state index in [0.717, 1.165) is 89.9 Å². The van der Waals surface area contributed by atoms with Crippen LogP contribution in [0, 0.1) is 0 Å². The zero-order valence-corrected chi connectivity index (χ0v) is 52.2. The number of ether oxygens (including phenoxy) is 2. The summed E-state index contributed by atoms with van der Waals surface area (Å²) in [6.45, 7) is 4.11. The summed E-state index contributed by atoms with van der Waals surface area (Å²) in [5.41, 5.74) is 0. The van der Waals surface area contributed by atoms with Crippen LogP contribution < -0.4 is 4.89 Å². The molecule has 0 aromatic heterocycles. The minimum atomic E-state index is -4.65. The number of hydrogen-bond acceptors (Lipinski definition) is 8. The van der Waals surface area contributed by atoms with E-state index in [1.165, 1.54) is 161 Å². The van der Waals surface area contributed by atoms with Crippen LogP contribution in [0.15, 0.2) is 85.1 Å². The van der Waals surface area contributed by atoms with Crippen LogP contribution in [0.25, 0.3) is 0 Å². The topological polar surface area (TPSA) is 111 Å². The van der Waals surface area contributed by atoms with Crippen LogP contribution in [0.2, 0.25) is 0 Å². The largest absolute Gasteiger partial charge is 0.756 e. The molecule has 0 N–H and O–H groups in total. The Morgan fingerprint density at radius 1 is 0.410 bits per heavy atom. The van der Waals surface area contributed by atoms with Crippen LogP contribution >= 0.6 is 7.82 Å². The fraction of sp³-hybridized carbons (Fsp3) is 0.765. The molecule has 2 atom stereocenters. The van der Waals surface area contributed by atoms with E-state index in [1.54, 1.807) is 0 Å². The summed E-state index contributed by atoms with van der Waals surface area (Å²) in [6, 6.07) is 0. The number of nitrogens with zero attached hydrogens (tertiary/aromatic N) is 1. The Morgan fingerprint density at radius 3 is 1.09 bits per heavy atom. The van der Waals surface area contributed by atoms with Gasteiger partial charge >= 0.3 is 11.9 Å². The SMILES string of the molecule is CC/C=C\C/C=C\C/C=C\C/C=C\C/C=C\CCCCCCCC(=O)OC(COC(=O)CCCCCCCCCCCCCCCCCCCCCCC/C=C\C/C=C\CCCCCCC)COP(=O)([O-])OCC[N+](C)(C)C. The highest BCUT2D eigenvalue weighted by Crippen LogP contribution is 2.38. The van der Waals surface area contributed by atoms with E-state index >= 15 is 0 Å². The van der Waals surface area contributed by atoms with E-state index in [2.05, 4.69) is 98.9 Å². The molecule has 0 saturated heterocycles. The highest BCUT2D eigenvalue weighted by atomic mass is 31.2. The predicted molar refractivity (Wildman–Crippen MR) is 332 cm³/mol. The lowest BCUT2D eigenvalue weighted by Crippen LogP contribution is -2.37. The second-order valence-corrected chi connectivity index (χ2v) is 24.2. The molecule has 0 aliphatic heterocycles. The Morgan fingerprint density at radius 2 is 0.731 bits per heavy atom. The summed E-state index contributed by atoms with van der Waals surface area (Å²) < 4.78 is 34.2. The van der Waals surface area contributed by atoms with E-state index in [1.807, 2.05) is 21.1 Å². The fourth-order valence-electron chi connectivity index (χ4n) is 8.95. The van der Waals surface area contributed by atoms with Gasteiger partial charge in [-0.15, -0.1) is 0 Å². The third-order valence-electron chi connectivity index (χ3n) is 13.9. The Hall–Kier alpha value is -2.81. The number of likely N-dealkylation sites (N-methyl/N-ethyl adjacent to an activating group) is 1. The van der Waals surface area contributed by atoms with Gasteiger partial charge in [-0.2, -0.15) is 0 Å². The number of phosphoric ester groups is 1. The van der Waals surface area contributed by atoms with Gasteiger partial charge in [0.15, 0.2) is 6.10 Å². The van der Waals surface area contributed by atoms with Crippen molar-refractivity contribution in [3.63, 3.8) is 0 Å². The predicted octanol–water partition coefficient (Wildman–Crippen LogP) is 20.0. The normalized spacial score (nSPS) is 13.8. The number of carbonyl (C=O) groups is 2. The van der Waals surface area contributed by atoms with Crippen LogP contribution in [0.1, 0.15) is 284 Å². The molecule has 0 aromatic rings. The smallest absolute Gasteiger partial charge is 0.306 e. The zero-order chi connectivity index (χ0) is 57.0. The van der Waals surface area contributed by atoms with Gasteiger partial charge in [0.05, 0.1) is 27.7 Å². The van der Waals surface area contributed by atoms with Crippen molar-refractivity contribution in [3.05, 3.63) is 85.1 Å². The van der Waals surface area contributed by atoms with Gasteiger partial charge < -0.3 is 27.9 Å². The third kappa shape index (κ3) is 62.4. The van der Waals surface area contributed by atoms with E-state index in [-0.39, 0.29) is 32.0 Å². The first kappa shape index (κ1) is 75.2. The average molecular weight is 1110 g/mol. The number of carbonyl (C=O) groups excluding carboxylic acids is 2. The zero-order valence-electron chi connectivity index (χ0n) is 51.3. The molecule has 0 saturated carbocycles. The van der Waals surface area contributed by atoms with Crippen molar-refractivity contribution >= 4 is 19.8 Å². The molecule has 2 unspecified atom stereocenters. The van der Waals surface area contributed by atoms with E-state index < -0.39 is 26.5 Å². The molecule has 0 heterocycles. The van der Waals surface area contributed by atoms with Crippen LogP contribution in [-0.2, 0) is 32.7 Å². The molecule has 0 amide bonds. The van der Waals surface area contributed by atoms with Crippen LogP contribution in [0.3, 0.4) is 0 Å². The maximum atomic E-state index is 12.8. The molecule has 10 heteroatoms. The van der Waals surface area contributed by atoms with Crippen LogP contribution in [0.4, 0.5) is 0 Å². The van der Waals surface area contributed by atoms with Crippen molar-refractivity contribution in [2.24, 2.45) is 0 Å². The summed E-state index contributed by atoms with van der Waals surface area (Å²) in [7, 11) is 1.15. The van der Waals surface area contributed by atoms with E-state index in [4.69, 9.17) is 18.5 Å². The fourth-order valence-corrected chi connectivity index (χ4v) is 9.68. The average Bonchev–Trinajstić information content (AvgIpc) is 3.41. The summed E-state index contributed by atoms with van der Waals surface area (Å²) in [4.78, 5) is 37.9. The molecule has 9 nitrogen and oxygen atoms in total. The molecule has 0 radical (unpaired) electrons. The Bertz CT molecular complexity index is 1590. The number of esters is 2. The second kappa shape index (κ2) is 58.8. The Labute approximate surface area is 481 Å². The lowest BCUT2D eigenvalue weighted by molar-refractivity contribution is -0.870. The second-order valence-electron chi connectivity index (χ2n) is 22.7. The van der Waals surface area contributed by atoms with Crippen molar-refractivity contribution in [1.82, 2.24) is 0 Å². The summed E-state index contributed by atoms with van der Waals surface area (Å²) in [5.74, 6) is -0.850. The third-order valence-corrected chi connectivity index (χ3v) is 14.9. The van der Waals surface area contributed by atoms with Gasteiger partial charge in [0.2, 0.25) is 0 Å². The summed E-state index contributed by atoms with van der Waals surface area (Å²) in [5, 5.41) is 0. The lowest BCUT2D eigenvalue weighted by atomic mass is 10.0. The van der Waals surface area contributed by atoms with Gasteiger partial charge in [0, 0.05) is 12.8 Å². The summed E-state index contributed by atoms with van der Waals surface area (Å²) in [6.07, 6.45) is 79.4. The first-order valence-electron chi connectivity index (χ1n) is 32.3. The molecule has 0 aliphatic carbocycles. The number of phosphoric acid groups is 1. The Balaban J connectivity index is 4.05. The monoisotopic (exact) mass is 1110 g/mol. The molecule has 0 fully saturated rings. The van der Waals surface area contributed by atoms with Crippen molar-refractivity contribution in [2.45, 2.75) is 290 Å². The van der Waals surface area contributed by atoms with Crippen molar-refractivity contribution in [2.75, 3.05) is 47.5 Å². The maximum absolute atomic E-state index is 12.8. The first-order chi connectivity index (χ1) is 38.0. The maximum Gasteiger partial charge on any atom is 0.306 e. The number of rotatable bonds is 59. The number of quaternary nitrogens is 1. The minimum Gasteiger partial charge on any atom is -0.756 e. The number of allylic oxidation sites excluding steroid dienone is 14. The standard InChI is InChI=1S/C68H122NO8P/c1-6-8-10-12-14-16-18-20-22-24-26-28-29-30-31-32-33-34-35-36-37-38-39-41-42-44-46-48-50-52-54-56-58-60-67(70)74-64-66(65-76-78(72,73)75-63-62-69(3,4)5)77-68(71)61-59-57-55-53-51-49-47-45-43-40-27-25-23-21-19-17-15-13-11-9-7-2/h9,11,15,17-18,20-21,23-24,26-27,40,45,47,66H,6-8,10,12-14,16,19,22,25,28-39,41-44,46,48-65H2,1-5H3/b11-9-,17-15-,20-18-,23-21-,26-24-,40-27-,47-45-. The van der Waals surface area contributed by atoms with Gasteiger partial charge in [-0.05, 0) is 89.9 Å².